The van der Waals surface area contributed by atoms with Gasteiger partial charge in [0.25, 0.3) is 0 Å². The molecular formula is C13H14FN3OS. The molecule has 2 rings (SSSR count). The van der Waals surface area contributed by atoms with Crippen molar-refractivity contribution in [2.75, 3.05) is 5.32 Å². The van der Waals surface area contributed by atoms with Crippen molar-refractivity contribution in [1.29, 1.82) is 0 Å². The Labute approximate surface area is 114 Å². The Balaban J connectivity index is 2.29. The summed E-state index contributed by atoms with van der Waals surface area (Å²) < 4.78 is 13.3. The van der Waals surface area contributed by atoms with Gasteiger partial charge in [0, 0.05) is 11.1 Å². The highest BCUT2D eigenvalue weighted by Crippen LogP contribution is 2.22. The van der Waals surface area contributed by atoms with Crippen LogP contribution in [-0.2, 0) is 4.79 Å². The van der Waals surface area contributed by atoms with E-state index in [4.69, 9.17) is 5.73 Å². The second kappa shape index (κ2) is 5.36. The number of anilines is 1. The van der Waals surface area contributed by atoms with Crippen LogP contribution in [0.1, 0.15) is 22.3 Å². The Morgan fingerprint density at radius 2 is 2.16 bits per heavy atom. The van der Waals surface area contributed by atoms with Crippen LogP contribution >= 0.6 is 11.3 Å². The number of primary amides is 1. The molecule has 1 unspecified atom stereocenters. The van der Waals surface area contributed by atoms with Crippen LogP contribution in [0.2, 0.25) is 0 Å². The first kappa shape index (κ1) is 13.5. The molecule has 3 N–H and O–H groups in total. The maximum atomic E-state index is 13.3. The Kier molecular flexibility index (Phi) is 3.80. The van der Waals surface area contributed by atoms with Crippen molar-refractivity contribution in [3.63, 3.8) is 0 Å². The zero-order chi connectivity index (χ0) is 14.0. The Morgan fingerprint density at radius 1 is 1.42 bits per heavy atom. The van der Waals surface area contributed by atoms with Crippen LogP contribution in [0.15, 0.2) is 23.6 Å². The van der Waals surface area contributed by atoms with Crippen molar-refractivity contribution in [2.24, 2.45) is 5.73 Å². The topological polar surface area (TPSA) is 68.0 Å². The predicted molar refractivity (Wildman–Crippen MR) is 73.5 cm³/mol. The quantitative estimate of drug-likeness (QED) is 0.903. The van der Waals surface area contributed by atoms with Crippen LogP contribution < -0.4 is 11.1 Å². The molecule has 2 aromatic rings. The van der Waals surface area contributed by atoms with Gasteiger partial charge in [0.1, 0.15) is 11.9 Å². The lowest BCUT2D eigenvalue weighted by Crippen LogP contribution is -2.28. The number of nitrogens with zero attached hydrogens (tertiary/aromatic N) is 1. The van der Waals surface area contributed by atoms with Crippen molar-refractivity contribution in [1.82, 2.24) is 4.98 Å². The summed E-state index contributed by atoms with van der Waals surface area (Å²) in [5.41, 5.74) is 7.19. The van der Waals surface area contributed by atoms with Gasteiger partial charge in [0.15, 0.2) is 0 Å². The minimum Gasteiger partial charge on any atom is -0.369 e. The summed E-state index contributed by atoms with van der Waals surface area (Å²) >= 11 is 1.43. The third kappa shape index (κ3) is 3.29. The van der Waals surface area contributed by atoms with Crippen LogP contribution in [0.25, 0.3) is 0 Å². The molecule has 0 radical (unpaired) electrons. The largest absolute Gasteiger partial charge is 0.369 e. The lowest BCUT2D eigenvalue weighted by molar-refractivity contribution is -0.118. The van der Waals surface area contributed by atoms with E-state index >= 15 is 0 Å². The summed E-state index contributed by atoms with van der Waals surface area (Å²) in [5, 5.41) is 5.53. The summed E-state index contributed by atoms with van der Waals surface area (Å²) in [6, 6.07) is 3.73. The monoisotopic (exact) mass is 279 g/mol. The van der Waals surface area contributed by atoms with Crippen molar-refractivity contribution >= 4 is 22.9 Å². The molecule has 0 saturated heterocycles. The molecule has 0 spiro atoms. The van der Waals surface area contributed by atoms with Gasteiger partial charge < -0.3 is 11.1 Å². The van der Waals surface area contributed by atoms with E-state index in [-0.39, 0.29) is 5.82 Å². The summed E-state index contributed by atoms with van der Waals surface area (Å²) in [6.07, 6.45) is 0. The maximum absolute atomic E-state index is 13.3. The summed E-state index contributed by atoms with van der Waals surface area (Å²) in [5.74, 6) is -0.910. The van der Waals surface area contributed by atoms with E-state index in [0.717, 1.165) is 10.6 Å². The molecule has 0 aliphatic carbocycles. The highest BCUT2D eigenvalue weighted by atomic mass is 32.1. The van der Waals surface area contributed by atoms with Crippen LogP contribution in [0.4, 0.5) is 10.1 Å². The molecule has 1 aromatic carbocycles. The van der Waals surface area contributed by atoms with Gasteiger partial charge in [-0.1, -0.05) is 0 Å². The number of aryl methyl sites for hydroxylation is 2. The van der Waals surface area contributed by atoms with Crippen molar-refractivity contribution in [3.8, 4) is 0 Å². The number of hydrogen-bond acceptors (Lipinski definition) is 4. The molecule has 100 valence electrons. The van der Waals surface area contributed by atoms with Gasteiger partial charge in [-0.25, -0.2) is 9.37 Å². The highest BCUT2D eigenvalue weighted by Gasteiger charge is 2.20. The molecule has 6 heteroatoms. The molecule has 0 saturated carbocycles. The van der Waals surface area contributed by atoms with Gasteiger partial charge in [-0.2, -0.15) is 0 Å². The predicted octanol–water partition coefficient (Wildman–Crippen LogP) is 2.54. The minimum atomic E-state index is -0.758. The number of rotatable bonds is 4. The standard InChI is InChI=1S/C13H14FN3OS/c1-7-3-9(14)5-10(4-7)17-12(13(15)18)11-6-19-8(2)16-11/h3-6,12,17H,1-2H3,(H2,15,18). The number of hydrogen-bond donors (Lipinski definition) is 2. The molecular weight excluding hydrogens is 265 g/mol. The van der Waals surface area contributed by atoms with Gasteiger partial charge in [-0.05, 0) is 37.6 Å². The molecule has 0 aliphatic rings. The number of carbonyl (C=O) groups excluding carboxylic acids is 1. The van der Waals surface area contributed by atoms with Crippen LogP contribution in [0.3, 0.4) is 0 Å². The lowest BCUT2D eigenvalue weighted by atomic mass is 10.1. The average Bonchev–Trinajstić information content (AvgIpc) is 2.70. The second-order valence-electron chi connectivity index (χ2n) is 4.29. The average molecular weight is 279 g/mol. The van der Waals surface area contributed by atoms with Gasteiger partial charge >= 0.3 is 0 Å². The molecule has 1 heterocycles. The maximum Gasteiger partial charge on any atom is 0.246 e. The Morgan fingerprint density at radius 3 is 2.68 bits per heavy atom. The molecule has 0 bridgehead atoms. The fourth-order valence-corrected chi connectivity index (χ4v) is 2.43. The molecule has 1 atom stereocenters. The van der Waals surface area contributed by atoms with Crippen molar-refractivity contribution in [2.45, 2.75) is 19.9 Å². The van der Waals surface area contributed by atoms with E-state index in [9.17, 15) is 9.18 Å². The van der Waals surface area contributed by atoms with E-state index in [1.165, 1.54) is 23.5 Å². The van der Waals surface area contributed by atoms with E-state index in [1.54, 1.807) is 18.4 Å². The van der Waals surface area contributed by atoms with Gasteiger partial charge in [-0.15, -0.1) is 11.3 Å². The second-order valence-corrected chi connectivity index (χ2v) is 5.35. The number of nitrogens with one attached hydrogen (secondary N) is 1. The zero-order valence-electron chi connectivity index (χ0n) is 10.6. The molecule has 4 nitrogen and oxygen atoms in total. The smallest absolute Gasteiger partial charge is 0.246 e. The summed E-state index contributed by atoms with van der Waals surface area (Å²) in [6.45, 7) is 3.62. The first-order chi connectivity index (χ1) is 8.95. The Hall–Kier alpha value is -1.95. The number of benzene rings is 1. The third-order valence-corrected chi connectivity index (χ3v) is 3.36. The summed E-state index contributed by atoms with van der Waals surface area (Å²) in [4.78, 5) is 15.7. The number of halogens is 1. The zero-order valence-corrected chi connectivity index (χ0v) is 11.4. The van der Waals surface area contributed by atoms with Gasteiger partial charge in [0.2, 0.25) is 5.91 Å². The first-order valence-corrected chi connectivity index (χ1v) is 6.59. The van der Waals surface area contributed by atoms with E-state index in [1.807, 2.05) is 6.92 Å². The highest BCUT2D eigenvalue weighted by molar-refractivity contribution is 7.09. The Bertz CT molecular complexity index is 591. The fourth-order valence-electron chi connectivity index (χ4n) is 1.79. The number of amides is 1. The molecule has 1 aromatic heterocycles. The van der Waals surface area contributed by atoms with E-state index < -0.39 is 11.9 Å². The molecule has 0 fully saturated rings. The van der Waals surface area contributed by atoms with Gasteiger partial charge in [0.05, 0.1) is 10.7 Å². The fraction of sp³-hybridized carbons (Fsp3) is 0.231. The molecule has 19 heavy (non-hydrogen) atoms. The third-order valence-electron chi connectivity index (χ3n) is 2.57. The number of aromatic nitrogens is 1. The first-order valence-electron chi connectivity index (χ1n) is 5.71. The van der Waals surface area contributed by atoms with Crippen LogP contribution in [-0.4, -0.2) is 10.9 Å². The SMILES string of the molecule is Cc1cc(F)cc(NC(C(N)=O)c2csc(C)n2)c1. The lowest BCUT2D eigenvalue weighted by Gasteiger charge is -2.15. The van der Waals surface area contributed by atoms with Crippen molar-refractivity contribution in [3.05, 3.63) is 45.7 Å². The normalized spacial score (nSPS) is 12.2. The van der Waals surface area contributed by atoms with E-state index in [0.29, 0.717) is 11.4 Å². The molecule has 0 aliphatic heterocycles. The van der Waals surface area contributed by atoms with Crippen LogP contribution in [0, 0.1) is 19.7 Å². The summed E-state index contributed by atoms with van der Waals surface area (Å²) in [7, 11) is 0. The van der Waals surface area contributed by atoms with Crippen LogP contribution in [0.5, 0.6) is 0 Å². The molecule has 1 amide bonds. The van der Waals surface area contributed by atoms with Crippen molar-refractivity contribution < 1.29 is 9.18 Å². The number of nitrogens with two attached hydrogens (primary N) is 1. The number of thiazole rings is 1. The minimum absolute atomic E-state index is 0.361. The number of carbonyl (C=O) groups is 1. The van der Waals surface area contributed by atoms with E-state index in [2.05, 4.69) is 10.3 Å². The van der Waals surface area contributed by atoms with Gasteiger partial charge in [-0.3, -0.25) is 4.79 Å².